The van der Waals surface area contributed by atoms with Gasteiger partial charge in [0.05, 0.1) is 18.0 Å². The predicted molar refractivity (Wildman–Crippen MR) is 90.2 cm³/mol. The molecule has 1 aromatic rings. The van der Waals surface area contributed by atoms with E-state index < -0.39 is 16.0 Å². The van der Waals surface area contributed by atoms with Gasteiger partial charge in [0, 0.05) is 13.1 Å². The van der Waals surface area contributed by atoms with Gasteiger partial charge in [0.15, 0.2) is 0 Å². The molecule has 0 saturated carbocycles. The molecule has 1 aliphatic heterocycles. The molecule has 0 radical (unpaired) electrons. The van der Waals surface area contributed by atoms with Gasteiger partial charge in [0.25, 0.3) is 0 Å². The van der Waals surface area contributed by atoms with Crippen molar-refractivity contribution in [3.8, 4) is 5.75 Å². The van der Waals surface area contributed by atoms with E-state index in [0.717, 1.165) is 25.3 Å². The SMILES string of the molecule is CCOc1ccc(S(=O)(=O)NCC(=O)N2CCCCC2)cc1C(=O)O. The van der Waals surface area contributed by atoms with Gasteiger partial charge in [-0.1, -0.05) is 0 Å². The Labute approximate surface area is 146 Å². The van der Waals surface area contributed by atoms with Crippen molar-refractivity contribution in [2.45, 2.75) is 31.1 Å². The number of piperidine rings is 1. The molecule has 8 nitrogen and oxygen atoms in total. The first-order valence-corrected chi connectivity index (χ1v) is 9.61. The molecule has 0 unspecified atom stereocenters. The quantitative estimate of drug-likeness (QED) is 0.742. The highest BCUT2D eigenvalue weighted by atomic mass is 32.2. The highest BCUT2D eigenvalue weighted by Crippen LogP contribution is 2.23. The molecule has 1 saturated heterocycles. The number of carboxylic acids is 1. The molecule has 1 aliphatic rings. The molecule has 0 bridgehead atoms. The molecule has 138 valence electrons. The largest absolute Gasteiger partial charge is 0.493 e. The predicted octanol–water partition coefficient (Wildman–Crippen LogP) is 1.07. The standard InChI is InChI=1S/C16H22N2O6S/c1-2-24-14-7-6-12(10-13(14)16(20)21)25(22,23)17-11-15(19)18-8-4-3-5-9-18/h6-7,10,17H,2-5,8-9,11H2,1H3,(H,20,21). The molecule has 1 heterocycles. The molecule has 1 fully saturated rings. The van der Waals surface area contributed by atoms with Crippen LogP contribution in [0.2, 0.25) is 0 Å². The van der Waals surface area contributed by atoms with Crippen LogP contribution in [-0.4, -0.2) is 56.5 Å². The summed E-state index contributed by atoms with van der Waals surface area (Å²) in [6.07, 6.45) is 2.90. The van der Waals surface area contributed by atoms with Gasteiger partial charge in [-0.3, -0.25) is 4.79 Å². The summed E-state index contributed by atoms with van der Waals surface area (Å²) < 4.78 is 32.1. The molecular weight excluding hydrogens is 348 g/mol. The van der Waals surface area contributed by atoms with Crippen molar-refractivity contribution in [3.63, 3.8) is 0 Å². The third kappa shape index (κ3) is 4.93. The number of benzene rings is 1. The van der Waals surface area contributed by atoms with E-state index in [-0.39, 0.29) is 35.3 Å². The topological polar surface area (TPSA) is 113 Å². The number of ether oxygens (including phenoxy) is 1. The van der Waals surface area contributed by atoms with Crippen LogP contribution in [0.15, 0.2) is 23.1 Å². The number of likely N-dealkylation sites (tertiary alicyclic amines) is 1. The Morgan fingerprint density at radius 1 is 1.24 bits per heavy atom. The maximum Gasteiger partial charge on any atom is 0.339 e. The zero-order valence-corrected chi connectivity index (χ0v) is 14.8. The number of sulfonamides is 1. The maximum absolute atomic E-state index is 12.3. The van der Waals surface area contributed by atoms with E-state index in [4.69, 9.17) is 4.74 Å². The van der Waals surface area contributed by atoms with Crippen LogP contribution in [-0.2, 0) is 14.8 Å². The Morgan fingerprint density at radius 3 is 2.52 bits per heavy atom. The minimum atomic E-state index is -4.00. The lowest BCUT2D eigenvalue weighted by Crippen LogP contribution is -2.42. The van der Waals surface area contributed by atoms with Crippen LogP contribution in [0.25, 0.3) is 0 Å². The second kappa shape index (κ2) is 8.30. The summed E-state index contributed by atoms with van der Waals surface area (Å²) in [5.74, 6) is -1.48. The van der Waals surface area contributed by atoms with Gasteiger partial charge in [-0.25, -0.2) is 17.9 Å². The van der Waals surface area contributed by atoms with Crippen LogP contribution in [0.4, 0.5) is 0 Å². The summed E-state index contributed by atoms with van der Waals surface area (Å²) in [4.78, 5) is 24.8. The number of hydrogen-bond acceptors (Lipinski definition) is 5. The van der Waals surface area contributed by atoms with Crippen LogP contribution < -0.4 is 9.46 Å². The number of carbonyl (C=O) groups excluding carboxylic acids is 1. The number of carbonyl (C=O) groups is 2. The lowest BCUT2D eigenvalue weighted by Gasteiger charge is -2.26. The fraction of sp³-hybridized carbons (Fsp3) is 0.500. The van der Waals surface area contributed by atoms with Crippen molar-refractivity contribution in [3.05, 3.63) is 23.8 Å². The smallest absolute Gasteiger partial charge is 0.339 e. The molecule has 2 N–H and O–H groups in total. The Bertz CT molecular complexity index is 741. The number of amides is 1. The molecular formula is C16H22N2O6S. The van der Waals surface area contributed by atoms with Gasteiger partial charge < -0.3 is 14.7 Å². The van der Waals surface area contributed by atoms with Crippen molar-refractivity contribution in [1.82, 2.24) is 9.62 Å². The molecule has 2 rings (SSSR count). The summed E-state index contributed by atoms with van der Waals surface area (Å²) in [6, 6.07) is 3.58. The van der Waals surface area contributed by atoms with Crippen molar-refractivity contribution in [2.75, 3.05) is 26.2 Å². The second-order valence-corrected chi connectivity index (χ2v) is 7.43. The van der Waals surface area contributed by atoms with E-state index in [0.29, 0.717) is 13.1 Å². The average molecular weight is 370 g/mol. The van der Waals surface area contributed by atoms with Crippen LogP contribution in [0.3, 0.4) is 0 Å². The maximum atomic E-state index is 12.3. The Morgan fingerprint density at radius 2 is 1.92 bits per heavy atom. The number of hydrogen-bond donors (Lipinski definition) is 2. The molecule has 1 amide bonds. The van der Waals surface area contributed by atoms with Crippen molar-refractivity contribution in [1.29, 1.82) is 0 Å². The van der Waals surface area contributed by atoms with Crippen LogP contribution in [0.1, 0.15) is 36.5 Å². The van der Waals surface area contributed by atoms with E-state index in [2.05, 4.69) is 4.72 Å². The number of rotatable bonds is 7. The minimum Gasteiger partial charge on any atom is -0.493 e. The van der Waals surface area contributed by atoms with Gasteiger partial charge in [-0.2, -0.15) is 0 Å². The second-order valence-electron chi connectivity index (χ2n) is 5.66. The van der Waals surface area contributed by atoms with Gasteiger partial charge in [0.1, 0.15) is 11.3 Å². The van der Waals surface area contributed by atoms with Crippen LogP contribution >= 0.6 is 0 Å². The third-order valence-corrected chi connectivity index (χ3v) is 5.31. The lowest BCUT2D eigenvalue weighted by molar-refractivity contribution is -0.130. The van der Waals surface area contributed by atoms with Crippen LogP contribution in [0, 0.1) is 0 Å². The Kier molecular flexibility index (Phi) is 6.38. The van der Waals surface area contributed by atoms with Gasteiger partial charge in [-0.05, 0) is 44.4 Å². The first kappa shape index (κ1) is 19.2. The third-order valence-electron chi connectivity index (χ3n) is 3.91. The van der Waals surface area contributed by atoms with E-state index >= 15 is 0 Å². The van der Waals surface area contributed by atoms with Gasteiger partial charge >= 0.3 is 5.97 Å². The summed E-state index contributed by atoms with van der Waals surface area (Å²) in [6.45, 7) is 2.87. The zero-order chi connectivity index (χ0) is 18.4. The number of aromatic carboxylic acids is 1. The molecule has 25 heavy (non-hydrogen) atoms. The fourth-order valence-electron chi connectivity index (χ4n) is 2.62. The molecule has 0 aliphatic carbocycles. The summed E-state index contributed by atoms with van der Waals surface area (Å²) in [5.41, 5.74) is -0.243. The highest BCUT2D eigenvalue weighted by Gasteiger charge is 2.22. The first-order chi connectivity index (χ1) is 11.8. The molecule has 0 spiro atoms. The van der Waals surface area contributed by atoms with Crippen molar-refractivity contribution in [2.24, 2.45) is 0 Å². The number of nitrogens with zero attached hydrogens (tertiary/aromatic N) is 1. The normalized spacial score (nSPS) is 15.0. The van der Waals surface area contributed by atoms with E-state index in [1.807, 2.05) is 0 Å². The van der Waals surface area contributed by atoms with E-state index in [1.165, 1.54) is 12.1 Å². The highest BCUT2D eigenvalue weighted by molar-refractivity contribution is 7.89. The average Bonchev–Trinajstić information content (AvgIpc) is 2.60. The molecule has 9 heteroatoms. The fourth-order valence-corrected chi connectivity index (χ4v) is 3.62. The van der Waals surface area contributed by atoms with E-state index in [1.54, 1.807) is 11.8 Å². The summed E-state index contributed by atoms with van der Waals surface area (Å²) >= 11 is 0. The number of nitrogens with one attached hydrogen (secondary N) is 1. The summed E-state index contributed by atoms with van der Waals surface area (Å²) in [5, 5.41) is 9.21. The zero-order valence-electron chi connectivity index (χ0n) is 14.0. The van der Waals surface area contributed by atoms with Gasteiger partial charge in [-0.15, -0.1) is 0 Å². The minimum absolute atomic E-state index is 0.0957. The lowest BCUT2D eigenvalue weighted by atomic mass is 10.1. The Balaban J connectivity index is 2.11. The van der Waals surface area contributed by atoms with E-state index in [9.17, 15) is 23.1 Å². The van der Waals surface area contributed by atoms with Gasteiger partial charge in [0.2, 0.25) is 15.9 Å². The van der Waals surface area contributed by atoms with Crippen LogP contribution in [0.5, 0.6) is 5.75 Å². The molecule has 0 atom stereocenters. The summed E-state index contributed by atoms with van der Waals surface area (Å²) in [7, 11) is -4.00. The van der Waals surface area contributed by atoms with Crippen molar-refractivity contribution >= 4 is 21.9 Å². The van der Waals surface area contributed by atoms with Crippen molar-refractivity contribution < 1.29 is 27.9 Å². The first-order valence-electron chi connectivity index (χ1n) is 8.12. The monoisotopic (exact) mass is 370 g/mol. The number of carboxylic acid groups (broad SMARTS) is 1. The molecule has 1 aromatic carbocycles. The Hall–Kier alpha value is -2.13. The molecule has 0 aromatic heterocycles.